The molecular weight excluding hydrogens is 326 g/mol. The van der Waals surface area contributed by atoms with Crippen LogP contribution in [0, 0.1) is 11.8 Å². The van der Waals surface area contributed by atoms with Crippen LogP contribution in [-0.4, -0.2) is 43.7 Å². The summed E-state index contributed by atoms with van der Waals surface area (Å²) in [5, 5.41) is 6.09. The van der Waals surface area contributed by atoms with E-state index < -0.39 is 0 Å². The number of carbonyl (C=O) groups excluding carboxylic acids is 1. The van der Waals surface area contributed by atoms with Gasteiger partial charge in [-0.1, -0.05) is 32.0 Å². The molecule has 0 unspecified atom stereocenters. The third kappa shape index (κ3) is 5.37. The first-order valence-electron chi connectivity index (χ1n) is 10.1. The number of amides is 2. The highest BCUT2D eigenvalue weighted by atomic mass is 16.5. The molecule has 2 heterocycles. The van der Waals surface area contributed by atoms with Gasteiger partial charge in [0, 0.05) is 31.6 Å². The van der Waals surface area contributed by atoms with Crippen molar-refractivity contribution in [2.24, 2.45) is 11.8 Å². The molecule has 3 rings (SSSR count). The van der Waals surface area contributed by atoms with E-state index in [4.69, 9.17) is 4.74 Å². The topological polar surface area (TPSA) is 53.6 Å². The summed E-state index contributed by atoms with van der Waals surface area (Å²) in [7, 11) is 0. The van der Waals surface area contributed by atoms with Crippen molar-refractivity contribution < 1.29 is 9.53 Å². The van der Waals surface area contributed by atoms with Crippen LogP contribution in [0.1, 0.15) is 51.1 Å². The number of hydrogen-bond acceptors (Lipinski definition) is 3. The van der Waals surface area contributed by atoms with Gasteiger partial charge in [0.05, 0.1) is 12.6 Å². The summed E-state index contributed by atoms with van der Waals surface area (Å²) in [6.45, 7) is 9.67. The van der Waals surface area contributed by atoms with Crippen molar-refractivity contribution in [2.75, 3.05) is 32.8 Å². The highest BCUT2D eigenvalue weighted by molar-refractivity contribution is 5.74. The number of rotatable bonds is 6. The first kappa shape index (κ1) is 19.0. The Kier molecular flexibility index (Phi) is 6.78. The minimum absolute atomic E-state index is 0.0382. The number of piperidine rings is 1. The smallest absolute Gasteiger partial charge is 0.315 e. The third-order valence-corrected chi connectivity index (χ3v) is 5.40. The summed E-state index contributed by atoms with van der Waals surface area (Å²) >= 11 is 0. The van der Waals surface area contributed by atoms with E-state index in [0.29, 0.717) is 6.61 Å². The number of benzene rings is 1. The molecule has 144 valence electrons. The molecule has 2 aliphatic rings. The molecule has 3 atom stereocenters. The van der Waals surface area contributed by atoms with Gasteiger partial charge in [-0.15, -0.1) is 0 Å². The van der Waals surface area contributed by atoms with Crippen LogP contribution in [0.5, 0.6) is 5.75 Å². The van der Waals surface area contributed by atoms with Crippen molar-refractivity contribution in [3.8, 4) is 5.75 Å². The highest BCUT2D eigenvalue weighted by Gasteiger charge is 2.23. The Morgan fingerprint density at radius 3 is 2.77 bits per heavy atom. The predicted octanol–water partition coefficient (Wildman–Crippen LogP) is 3.57. The molecule has 0 saturated carbocycles. The van der Waals surface area contributed by atoms with E-state index >= 15 is 0 Å². The number of carbonyl (C=O) groups is 1. The molecule has 5 nitrogen and oxygen atoms in total. The van der Waals surface area contributed by atoms with Crippen LogP contribution >= 0.6 is 0 Å². The number of unbranched alkanes of at least 4 members (excludes halogenated alkanes) is 1. The summed E-state index contributed by atoms with van der Waals surface area (Å²) < 4.78 is 5.64. The first-order chi connectivity index (χ1) is 12.6. The van der Waals surface area contributed by atoms with Crippen LogP contribution in [0.4, 0.5) is 4.79 Å². The quantitative estimate of drug-likeness (QED) is 0.764. The maximum Gasteiger partial charge on any atom is 0.315 e. The molecule has 0 aliphatic carbocycles. The van der Waals surface area contributed by atoms with Crippen molar-refractivity contribution >= 4 is 6.03 Å². The maximum atomic E-state index is 12.2. The standard InChI is InChI=1S/C21H33N3O2/c1-16-13-17(2)15-24(14-16)11-6-5-10-22-21(25)23-19-9-12-26-20-8-4-3-7-18(19)20/h3-4,7-8,16-17,19H,5-6,9-15H2,1-2H3,(H2,22,23,25)/t16-,17+,19-/m1/s1. The maximum absolute atomic E-state index is 12.2. The SMILES string of the molecule is C[C@@H]1C[C@H](C)CN(CCCCNC(=O)N[C@@H]2CCOc3ccccc32)C1. The van der Waals surface area contributed by atoms with Crippen LogP contribution in [0.15, 0.2) is 24.3 Å². The van der Waals surface area contributed by atoms with E-state index in [2.05, 4.69) is 29.4 Å². The van der Waals surface area contributed by atoms with E-state index in [0.717, 1.165) is 55.5 Å². The van der Waals surface area contributed by atoms with Gasteiger partial charge in [0.2, 0.25) is 0 Å². The first-order valence-corrected chi connectivity index (χ1v) is 10.1. The number of ether oxygens (including phenoxy) is 1. The summed E-state index contributed by atoms with van der Waals surface area (Å²) in [4.78, 5) is 14.8. The minimum atomic E-state index is -0.0769. The molecule has 5 heteroatoms. The molecule has 1 fully saturated rings. The normalized spacial score (nSPS) is 25.8. The highest BCUT2D eigenvalue weighted by Crippen LogP contribution is 2.31. The number of hydrogen-bond donors (Lipinski definition) is 2. The van der Waals surface area contributed by atoms with Crippen molar-refractivity contribution in [1.29, 1.82) is 0 Å². The van der Waals surface area contributed by atoms with Crippen LogP contribution in [0.25, 0.3) is 0 Å². The van der Waals surface area contributed by atoms with Crippen LogP contribution in [-0.2, 0) is 0 Å². The molecule has 2 N–H and O–H groups in total. The van der Waals surface area contributed by atoms with Gasteiger partial charge in [-0.25, -0.2) is 4.79 Å². The van der Waals surface area contributed by atoms with E-state index in [9.17, 15) is 4.79 Å². The zero-order valence-corrected chi connectivity index (χ0v) is 16.2. The Balaban J connectivity index is 1.33. The Morgan fingerprint density at radius 1 is 1.19 bits per heavy atom. The molecule has 0 aromatic heterocycles. The Bertz CT molecular complexity index is 582. The largest absolute Gasteiger partial charge is 0.493 e. The van der Waals surface area contributed by atoms with E-state index in [1.165, 1.54) is 19.5 Å². The van der Waals surface area contributed by atoms with Gasteiger partial charge in [0.15, 0.2) is 0 Å². The van der Waals surface area contributed by atoms with E-state index in [-0.39, 0.29) is 12.1 Å². The molecule has 1 aromatic carbocycles. The minimum Gasteiger partial charge on any atom is -0.493 e. The number of fused-ring (bicyclic) bond motifs is 1. The Morgan fingerprint density at radius 2 is 1.96 bits per heavy atom. The van der Waals surface area contributed by atoms with Crippen molar-refractivity contribution in [2.45, 2.75) is 45.6 Å². The van der Waals surface area contributed by atoms with Gasteiger partial charge in [-0.3, -0.25) is 0 Å². The van der Waals surface area contributed by atoms with Gasteiger partial charge in [0.25, 0.3) is 0 Å². The number of nitrogens with one attached hydrogen (secondary N) is 2. The van der Waals surface area contributed by atoms with Crippen molar-refractivity contribution in [3.63, 3.8) is 0 Å². The zero-order valence-electron chi connectivity index (χ0n) is 16.2. The molecule has 26 heavy (non-hydrogen) atoms. The average molecular weight is 360 g/mol. The summed E-state index contributed by atoms with van der Waals surface area (Å²) in [5.74, 6) is 2.50. The fourth-order valence-corrected chi connectivity index (χ4v) is 4.34. The monoisotopic (exact) mass is 359 g/mol. The van der Waals surface area contributed by atoms with Crippen molar-refractivity contribution in [1.82, 2.24) is 15.5 Å². The predicted molar refractivity (Wildman–Crippen MR) is 104 cm³/mol. The van der Waals surface area contributed by atoms with E-state index in [1.54, 1.807) is 0 Å². The fraction of sp³-hybridized carbons (Fsp3) is 0.667. The molecule has 0 bridgehead atoms. The van der Waals surface area contributed by atoms with Crippen LogP contribution in [0.3, 0.4) is 0 Å². The molecule has 1 saturated heterocycles. The van der Waals surface area contributed by atoms with Gasteiger partial charge in [-0.05, 0) is 43.7 Å². The third-order valence-electron chi connectivity index (χ3n) is 5.40. The van der Waals surface area contributed by atoms with Gasteiger partial charge < -0.3 is 20.3 Å². The summed E-state index contributed by atoms with van der Waals surface area (Å²) in [6, 6.07) is 7.90. The second kappa shape index (κ2) is 9.26. The van der Waals surface area contributed by atoms with E-state index in [1.807, 2.05) is 24.3 Å². The molecule has 2 amide bonds. The second-order valence-electron chi connectivity index (χ2n) is 8.04. The Hall–Kier alpha value is -1.75. The number of urea groups is 1. The molecule has 2 aliphatic heterocycles. The summed E-state index contributed by atoms with van der Waals surface area (Å²) in [6.07, 6.45) is 4.33. The van der Waals surface area contributed by atoms with Crippen LogP contribution < -0.4 is 15.4 Å². The molecule has 1 aromatic rings. The Labute approximate surface area is 157 Å². The number of likely N-dealkylation sites (tertiary alicyclic amines) is 1. The average Bonchev–Trinajstić information content (AvgIpc) is 2.61. The molecule has 0 spiro atoms. The fourth-order valence-electron chi connectivity index (χ4n) is 4.34. The molecular formula is C21H33N3O2. The molecule has 0 radical (unpaired) electrons. The second-order valence-corrected chi connectivity index (χ2v) is 8.04. The van der Waals surface area contributed by atoms with Gasteiger partial charge in [0.1, 0.15) is 5.75 Å². The lowest BCUT2D eigenvalue weighted by Crippen LogP contribution is -2.41. The lowest BCUT2D eigenvalue weighted by molar-refractivity contribution is 0.139. The number of para-hydroxylation sites is 1. The van der Waals surface area contributed by atoms with Crippen LogP contribution in [0.2, 0.25) is 0 Å². The lowest BCUT2D eigenvalue weighted by Gasteiger charge is -2.34. The van der Waals surface area contributed by atoms with Crippen molar-refractivity contribution in [3.05, 3.63) is 29.8 Å². The summed E-state index contributed by atoms with van der Waals surface area (Å²) in [5.41, 5.74) is 1.07. The number of nitrogens with zero attached hydrogens (tertiary/aromatic N) is 1. The lowest BCUT2D eigenvalue weighted by atomic mass is 9.92. The zero-order chi connectivity index (χ0) is 18.4. The van der Waals surface area contributed by atoms with Gasteiger partial charge >= 0.3 is 6.03 Å². The van der Waals surface area contributed by atoms with Gasteiger partial charge in [-0.2, -0.15) is 0 Å².